The summed E-state index contributed by atoms with van der Waals surface area (Å²) >= 11 is 0. The van der Waals surface area contributed by atoms with Crippen LogP contribution in [0.5, 0.6) is 11.5 Å². The van der Waals surface area contributed by atoms with Crippen LogP contribution in [0.15, 0.2) is 41.3 Å². The van der Waals surface area contributed by atoms with Gasteiger partial charge in [-0.2, -0.15) is 13.2 Å². The molecule has 38 heavy (non-hydrogen) atoms. The predicted octanol–water partition coefficient (Wildman–Crippen LogP) is 3.44. The number of hydrogen-bond acceptors (Lipinski definition) is 6. The number of alkyl halides is 3. The van der Waals surface area contributed by atoms with Crippen molar-refractivity contribution in [3.63, 3.8) is 0 Å². The van der Waals surface area contributed by atoms with E-state index in [0.29, 0.717) is 24.0 Å². The van der Waals surface area contributed by atoms with Gasteiger partial charge in [0.15, 0.2) is 18.1 Å². The molecule has 0 spiro atoms. The minimum Gasteiger partial charge on any atom is -0.744 e. The van der Waals surface area contributed by atoms with Crippen molar-refractivity contribution in [1.29, 1.82) is 0 Å². The molecule has 0 radical (unpaired) electrons. The molecule has 0 saturated carbocycles. The van der Waals surface area contributed by atoms with Crippen LogP contribution in [0.25, 0.3) is 0 Å². The molecule has 4 atom stereocenters. The van der Waals surface area contributed by atoms with Gasteiger partial charge in [-0.05, 0) is 49.1 Å². The number of halogens is 3. The van der Waals surface area contributed by atoms with Gasteiger partial charge < -0.3 is 24.0 Å². The van der Waals surface area contributed by atoms with E-state index < -0.39 is 22.9 Å². The molecule has 11 heteroatoms. The van der Waals surface area contributed by atoms with Crippen molar-refractivity contribution in [3.05, 3.63) is 53.1 Å². The third-order valence-electron chi connectivity index (χ3n) is 7.03. The van der Waals surface area contributed by atoms with E-state index in [1.54, 1.807) is 24.3 Å². The maximum atomic E-state index is 12.5. The van der Waals surface area contributed by atoms with Gasteiger partial charge >= 0.3 is 6.18 Å². The molecule has 2 aliphatic rings. The lowest BCUT2D eigenvalue weighted by atomic mass is 9.79. The molecule has 2 aromatic rings. The SMILES string of the molecule is COc1cc2c(cc1OCC(F)(F)F)CC[NH+]1C[C@@H](CC(C)C)[C@H](O)C[C@H]21.Cc1ccc(S(=O)(=O)[O-])cc1. The smallest absolute Gasteiger partial charge is 0.422 e. The quantitative estimate of drug-likeness (QED) is 0.526. The predicted molar refractivity (Wildman–Crippen MR) is 134 cm³/mol. The Hall–Kier alpha value is -2.34. The average Bonchev–Trinajstić information content (AvgIpc) is 2.82. The second kappa shape index (κ2) is 12.2. The van der Waals surface area contributed by atoms with Crippen LogP contribution in [-0.2, 0) is 16.5 Å². The first-order chi connectivity index (χ1) is 17.7. The first kappa shape index (κ1) is 30.2. The number of ether oxygens (including phenoxy) is 2. The van der Waals surface area contributed by atoms with Gasteiger partial charge in [0, 0.05) is 24.3 Å². The van der Waals surface area contributed by atoms with Crippen LogP contribution < -0.4 is 14.4 Å². The highest BCUT2D eigenvalue weighted by molar-refractivity contribution is 7.85. The van der Waals surface area contributed by atoms with Crippen LogP contribution >= 0.6 is 0 Å². The molecular weight excluding hydrogens is 523 g/mol. The fourth-order valence-corrected chi connectivity index (χ4v) is 5.74. The van der Waals surface area contributed by atoms with Crippen molar-refractivity contribution in [1.82, 2.24) is 0 Å². The topological polar surface area (TPSA) is 100 Å². The summed E-state index contributed by atoms with van der Waals surface area (Å²) in [5.74, 6) is 1.30. The first-order valence-corrected chi connectivity index (χ1v) is 14.0. The Labute approximate surface area is 222 Å². The molecule has 4 rings (SSSR count). The minimum atomic E-state index is -4.39. The lowest BCUT2D eigenvalue weighted by molar-refractivity contribution is -0.944. The van der Waals surface area contributed by atoms with E-state index in [-0.39, 0.29) is 22.8 Å². The number of benzene rings is 2. The first-order valence-electron chi connectivity index (χ1n) is 12.6. The van der Waals surface area contributed by atoms with Crippen molar-refractivity contribution in [3.8, 4) is 11.5 Å². The van der Waals surface area contributed by atoms with Crippen molar-refractivity contribution in [2.75, 3.05) is 26.8 Å². The lowest BCUT2D eigenvalue weighted by Crippen LogP contribution is -3.15. The summed E-state index contributed by atoms with van der Waals surface area (Å²) in [4.78, 5) is 1.27. The molecule has 1 saturated heterocycles. The highest BCUT2D eigenvalue weighted by Crippen LogP contribution is 2.38. The van der Waals surface area contributed by atoms with Crippen LogP contribution in [-0.4, -0.2) is 57.2 Å². The molecule has 1 fully saturated rings. The molecule has 212 valence electrons. The number of quaternary nitrogens is 1. The van der Waals surface area contributed by atoms with E-state index in [2.05, 4.69) is 13.8 Å². The zero-order chi connectivity index (χ0) is 28.3. The molecule has 0 aliphatic carbocycles. The minimum absolute atomic E-state index is 0.131. The Morgan fingerprint density at radius 2 is 1.82 bits per heavy atom. The number of hydrogen-bond donors (Lipinski definition) is 2. The van der Waals surface area contributed by atoms with Gasteiger partial charge in [-0.3, -0.25) is 0 Å². The molecule has 7 nitrogen and oxygen atoms in total. The van der Waals surface area contributed by atoms with Crippen LogP contribution in [0, 0.1) is 18.8 Å². The van der Waals surface area contributed by atoms with Gasteiger partial charge in [0.05, 0.1) is 31.2 Å². The Morgan fingerprint density at radius 3 is 2.37 bits per heavy atom. The van der Waals surface area contributed by atoms with E-state index >= 15 is 0 Å². The van der Waals surface area contributed by atoms with Crippen LogP contribution in [0.3, 0.4) is 0 Å². The summed E-state index contributed by atoms with van der Waals surface area (Å²) in [6.45, 7) is 6.68. The zero-order valence-corrected chi connectivity index (χ0v) is 22.9. The Kier molecular flexibility index (Phi) is 9.72. The average molecular weight is 560 g/mol. The normalized spacial score (nSPS) is 23.1. The van der Waals surface area contributed by atoms with Gasteiger partial charge in [-0.15, -0.1) is 0 Å². The van der Waals surface area contributed by atoms with E-state index in [0.717, 1.165) is 42.6 Å². The fourth-order valence-electron chi connectivity index (χ4n) is 5.28. The van der Waals surface area contributed by atoms with Gasteiger partial charge in [0.25, 0.3) is 0 Å². The number of piperidine rings is 1. The second-order valence-electron chi connectivity index (χ2n) is 10.5. The van der Waals surface area contributed by atoms with E-state index in [4.69, 9.17) is 9.47 Å². The number of methoxy groups -OCH3 is 1. The monoisotopic (exact) mass is 559 g/mol. The molecule has 1 unspecified atom stereocenters. The van der Waals surface area contributed by atoms with Crippen molar-refractivity contribution in [2.24, 2.45) is 11.8 Å². The van der Waals surface area contributed by atoms with Crippen LogP contribution in [0.2, 0.25) is 0 Å². The highest BCUT2D eigenvalue weighted by Gasteiger charge is 2.42. The lowest BCUT2D eigenvalue weighted by Gasteiger charge is -2.43. The summed E-state index contributed by atoms with van der Waals surface area (Å²) in [5.41, 5.74) is 2.99. The van der Waals surface area contributed by atoms with Crippen molar-refractivity contribution >= 4 is 10.1 Å². The van der Waals surface area contributed by atoms with Crippen molar-refractivity contribution < 1.29 is 45.6 Å². The van der Waals surface area contributed by atoms with Gasteiger partial charge in [0.2, 0.25) is 0 Å². The Balaban J connectivity index is 0.000000304. The summed E-state index contributed by atoms with van der Waals surface area (Å²) in [6, 6.07) is 9.42. The number of nitrogens with one attached hydrogen (secondary N) is 1. The van der Waals surface area contributed by atoms with Crippen LogP contribution in [0.1, 0.15) is 49.4 Å². The molecular formula is C27H36F3NO6S. The standard InChI is InChI=1S/C20H28F3NO3.C7H8O3S/c1-12(2)6-14-10-24-5-4-13-7-19(27-11-20(21,22)23)18(26-3)8-15(13)16(24)9-17(14)25;1-6-2-4-7(5-3-6)11(8,9)10/h7-8,12,14,16-17,25H,4-6,9-11H2,1-3H3;2-5H,1H3,(H,8,9,10)/t14-,16-,17-;/m1./s1. The fraction of sp³-hybridized carbons (Fsp3) is 0.556. The van der Waals surface area contributed by atoms with Gasteiger partial charge in [-0.1, -0.05) is 31.5 Å². The number of aliphatic hydroxyl groups is 1. The zero-order valence-electron chi connectivity index (χ0n) is 22.0. The Bertz CT molecular complexity index is 1180. The largest absolute Gasteiger partial charge is 0.744 e. The maximum Gasteiger partial charge on any atom is 0.422 e. The summed E-state index contributed by atoms with van der Waals surface area (Å²) < 4.78 is 79.0. The maximum absolute atomic E-state index is 12.5. The molecule has 2 N–H and O–H groups in total. The second-order valence-corrected chi connectivity index (χ2v) is 11.9. The summed E-state index contributed by atoms with van der Waals surface area (Å²) in [7, 11) is -2.84. The van der Waals surface area contributed by atoms with E-state index in [1.165, 1.54) is 24.1 Å². The highest BCUT2D eigenvalue weighted by atomic mass is 32.2. The third-order valence-corrected chi connectivity index (χ3v) is 7.88. The molecule has 2 heterocycles. The molecule has 2 aromatic carbocycles. The number of aryl methyl sites for hydroxylation is 1. The third kappa shape index (κ3) is 8.08. The summed E-state index contributed by atoms with van der Waals surface area (Å²) in [5, 5.41) is 10.6. The number of rotatable bonds is 6. The molecule has 0 amide bonds. The van der Waals surface area contributed by atoms with Crippen molar-refractivity contribution in [2.45, 2.75) is 63.3 Å². The number of fused-ring (bicyclic) bond motifs is 3. The van der Waals surface area contributed by atoms with E-state index in [9.17, 15) is 31.2 Å². The van der Waals surface area contributed by atoms with Gasteiger partial charge in [0.1, 0.15) is 16.2 Å². The Morgan fingerprint density at radius 1 is 1.16 bits per heavy atom. The molecule has 0 bridgehead atoms. The van der Waals surface area contributed by atoms with E-state index in [1.807, 2.05) is 6.92 Å². The molecule has 2 aliphatic heterocycles. The van der Waals surface area contributed by atoms with Crippen LogP contribution in [0.4, 0.5) is 13.2 Å². The van der Waals surface area contributed by atoms with Gasteiger partial charge in [-0.25, -0.2) is 8.42 Å². The summed E-state index contributed by atoms with van der Waals surface area (Å²) in [6.07, 6.45) is -2.26. The molecule has 0 aromatic heterocycles. The number of aliphatic hydroxyl groups excluding tert-OH is 1.